The van der Waals surface area contributed by atoms with Crippen molar-refractivity contribution in [3.8, 4) is 0 Å². The summed E-state index contributed by atoms with van der Waals surface area (Å²) in [4.78, 5) is 4.11. The Balaban J connectivity index is 2.85. The summed E-state index contributed by atoms with van der Waals surface area (Å²) in [7, 11) is 0. The molecule has 0 amide bonds. The Kier molecular flexibility index (Phi) is 3.61. The van der Waals surface area contributed by atoms with Gasteiger partial charge in [0.1, 0.15) is 5.04 Å². The van der Waals surface area contributed by atoms with Gasteiger partial charge in [0.15, 0.2) is 0 Å². The van der Waals surface area contributed by atoms with E-state index in [1.807, 2.05) is 43.3 Å². The molecule has 0 bridgehead atoms. The number of aliphatic imine (C=N–C) groups is 1. The fourth-order valence-electron chi connectivity index (χ4n) is 0.807. The number of thiol groups is 1. The second-order valence-electron chi connectivity index (χ2n) is 2.30. The molecule has 2 heteroatoms. The summed E-state index contributed by atoms with van der Waals surface area (Å²) >= 11 is 4.25. The molecule has 0 unspecified atom stereocenters. The van der Waals surface area contributed by atoms with E-state index in [0.717, 1.165) is 10.6 Å². The number of benzene rings is 1. The van der Waals surface area contributed by atoms with Crippen molar-refractivity contribution in [2.24, 2.45) is 4.99 Å². The molecule has 0 radical (unpaired) electrons. The van der Waals surface area contributed by atoms with Gasteiger partial charge in [-0.15, -0.1) is 12.6 Å². The molecule has 0 N–H and O–H groups in total. The maximum absolute atomic E-state index is 4.25. The van der Waals surface area contributed by atoms with Crippen molar-refractivity contribution < 1.29 is 0 Å². The van der Waals surface area contributed by atoms with E-state index in [-0.39, 0.29) is 0 Å². The van der Waals surface area contributed by atoms with E-state index in [2.05, 4.69) is 17.6 Å². The van der Waals surface area contributed by atoms with Crippen LogP contribution in [-0.4, -0.2) is 5.04 Å². The lowest BCUT2D eigenvalue weighted by Gasteiger charge is -1.95. The van der Waals surface area contributed by atoms with Crippen LogP contribution in [-0.2, 0) is 0 Å². The average Bonchev–Trinajstić information content (AvgIpc) is 2.15. The molecule has 1 nitrogen and oxygen atoms in total. The molecule has 0 saturated heterocycles. The van der Waals surface area contributed by atoms with Gasteiger partial charge in [-0.2, -0.15) is 0 Å². The molecular formula is C10H11NS. The first-order valence-corrected chi connectivity index (χ1v) is 4.22. The smallest absolute Gasteiger partial charge is 0.100 e. The van der Waals surface area contributed by atoms with Crippen LogP contribution in [0.25, 0.3) is 0 Å². The molecule has 12 heavy (non-hydrogen) atoms. The Hall–Kier alpha value is -1.02. The first kappa shape index (κ1) is 9.07. The molecule has 0 aromatic heterocycles. The van der Waals surface area contributed by atoms with Gasteiger partial charge in [-0.1, -0.05) is 36.4 Å². The van der Waals surface area contributed by atoms with Crippen molar-refractivity contribution >= 4 is 17.7 Å². The highest BCUT2D eigenvalue weighted by atomic mass is 32.1. The van der Waals surface area contributed by atoms with Gasteiger partial charge in [0.25, 0.3) is 0 Å². The molecule has 0 aliphatic carbocycles. The lowest BCUT2D eigenvalue weighted by atomic mass is 10.2. The third kappa shape index (κ3) is 2.55. The van der Waals surface area contributed by atoms with E-state index >= 15 is 0 Å². The van der Waals surface area contributed by atoms with Crippen molar-refractivity contribution in [2.75, 3.05) is 0 Å². The van der Waals surface area contributed by atoms with E-state index < -0.39 is 0 Å². The van der Waals surface area contributed by atoms with Crippen LogP contribution in [0.15, 0.2) is 47.6 Å². The number of rotatable bonds is 2. The van der Waals surface area contributed by atoms with Crippen LogP contribution in [0.4, 0.5) is 0 Å². The molecule has 1 aromatic carbocycles. The van der Waals surface area contributed by atoms with Crippen LogP contribution in [0, 0.1) is 0 Å². The Bertz CT molecular complexity index is 288. The predicted molar refractivity (Wildman–Crippen MR) is 56.8 cm³/mol. The van der Waals surface area contributed by atoms with Gasteiger partial charge in [-0.3, -0.25) is 0 Å². The first-order chi connectivity index (χ1) is 5.84. The largest absolute Gasteiger partial charge is 0.250 e. The van der Waals surface area contributed by atoms with Crippen LogP contribution >= 0.6 is 12.6 Å². The zero-order valence-corrected chi connectivity index (χ0v) is 7.83. The molecule has 0 heterocycles. The van der Waals surface area contributed by atoms with E-state index in [1.54, 1.807) is 6.20 Å². The highest BCUT2D eigenvalue weighted by Crippen LogP contribution is 2.04. The van der Waals surface area contributed by atoms with Crippen LogP contribution in [0.3, 0.4) is 0 Å². The SMILES string of the molecule is C/C=C/N=C(\S)c1ccccc1. The second-order valence-corrected chi connectivity index (χ2v) is 2.72. The van der Waals surface area contributed by atoms with E-state index in [1.165, 1.54) is 0 Å². The van der Waals surface area contributed by atoms with Gasteiger partial charge in [0.2, 0.25) is 0 Å². The topological polar surface area (TPSA) is 12.4 Å². The monoisotopic (exact) mass is 177 g/mol. The fourth-order valence-corrected chi connectivity index (χ4v) is 1.02. The Morgan fingerprint density at radius 3 is 2.58 bits per heavy atom. The van der Waals surface area contributed by atoms with Crippen LogP contribution in [0.2, 0.25) is 0 Å². The molecule has 1 aromatic rings. The molecule has 0 atom stereocenters. The Morgan fingerprint density at radius 1 is 1.33 bits per heavy atom. The quantitative estimate of drug-likeness (QED) is 0.405. The van der Waals surface area contributed by atoms with Crippen molar-refractivity contribution in [2.45, 2.75) is 6.92 Å². The molecule has 0 aliphatic heterocycles. The fraction of sp³-hybridized carbons (Fsp3) is 0.100. The highest BCUT2D eigenvalue weighted by molar-refractivity contribution is 7.97. The molecular weight excluding hydrogens is 166 g/mol. The van der Waals surface area contributed by atoms with Gasteiger partial charge in [-0.25, -0.2) is 4.99 Å². The van der Waals surface area contributed by atoms with E-state index in [4.69, 9.17) is 0 Å². The number of allylic oxidation sites excluding steroid dienone is 1. The first-order valence-electron chi connectivity index (χ1n) is 3.78. The zero-order valence-electron chi connectivity index (χ0n) is 6.94. The highest BCUT2D eigenvalue weighted by Gasteiger charge is 1.92. The lowest BCUT2D eigenvalue weighted by molar-refractivity contribution is 1.52. The van der Waals surface area contributed by atoms with Gasteiger partial charge in [0, 0.05) is 11.8 Å². The minimum Gasteiger partial charge on any atom is -0.250 e. The summed E-state index contributed by atoms with van der Waals surface area (Å²) in [6, 6.07) is 9.87. The van der Waals surface area contributed by atoms with Gasteiger partial charge in [0.05, 0.1) is 0 Å². The second kappa shape index (κ2) is 4.78. The third-order valence-electron chi connectivity index (χ3n) is 1.38. The summed E-state index contributed by atoms with van der Waals surface area (Å²) in [6.07, 6.45) is 3.61. The zero-order chi connectivity index (χ0) is 8.81. The number of nitrogens with zero attached hydrogens (tertiary/aromatic N) is 1. The lowest BCUT2D eigenvalue weighted by Crippen LogP contribution is -1.88. The normalized spacial score (nSPS) is 12.3. The average molecular weight is 177 g/mol. The predicted octanol–water partition coefficient (Wildman–Crippen LogP) is 2.90. The molecule has 0 spiro atoms. The standard InChI is InChI=1S/C10H11NS/c1-2-8-11-10(12)9-6-4-3-5-7-9/h2-8H,1H3,(H,11,12)/b8-2+. The van der Waals surface area contributed by atoms with Crippen molar-refractivity contribution in [1.29, 1.82) is 0 Å². The molecule has 0 saturated carbocycles. The van der Waals surface area contributed by atoms with Crippen molar-refractivity contribution in [3.05, 3.63) is 48.2 Å². The summed E-state index contributed by atoms with van der Waals surface area (Å²) in [6.45, 7) is 1.93. The van der Waals surface area contributed by atoms with Crippen molar-refractivity contribution in [1.82, 2.24) is 0 Å². The summed E-state index contributed by atoms with van der Waals surface area (Å²) in [5.41, 5.74) is 1.04. The molecule has 1 rings (SSSR count). The maximum Gasteiger partial charge on any atom is 0.100 e. The number of hydrogen-bond donors (Lipinski definition) is 1. The minimum absolute atomic E-state index is 0.744. The van der Waals surface area contributed by atoms with E-state index in [9.17, 15) is 0 Å². The van der Waals surface area contributed by atoms with E-state index in [0.29, 0.717) is 0 Å². The minimum atomic E-state index is 0.744. The summed E-state index contributed by atoms with van der Waals surface area (Å²) in [5, 5.41) is 0.744. The third-order valence-corrected chi connectivity index (χ3v) is 1.75. The number of hydrogen-bond acceptors (Lipinski definition) is 1. The van der Waals surface area contributed by atoms with Gasteiger partial charge >= 0.3 is 0 Å². The Morgan fingerprint density at radius 2 is 2.00 bits per heavy atom. The molecule has 0 fully saturated rings. The summed E-state index contributed by atoms with van der Waals surface area (Å²) < 4.78 is 0. The molecule has 62 valence electrons. The Labute approximate surface area is 78.3 Å². The van der Waals surface area contributed by atoms with Crippen molar-refractivity contribution in [3.63, 3.8) is 0 Å². The van der Waals surface area contributed by atoms with Gasteiger partial charge < -0.3 is 0 Å². The maximum atomic E-state index is 4.25. The van der Waals surface area contributed by atoms with Crippen LogP contribution in [0.5, 0.6) is 0 Å². The van der Waals surface area contributed by atoms with Crippen LogP contribution < -0.4 is 0 Å². The van der Waals surface area contributed by atoms with Gasteiger partial charge in [-0.05, 0) is 6.92 Å². The molecule has 0 aliphatic rings. The summed E-state index contributed by atoms with van der Waals surface area (Å²) in [5.74, 6) is 0. The van der Waals surface area contributed by atoms with Crippen LogP contribution in [0.1, 0.15) is 12.5 Å².